The molecule has 1 aromatic heterocycles. The van der Waals surface area contributed by atoms with Gasteiger partial charge in [-0.3, -0.25) is 0 Å². The number of hydrogen-bond donors (Lipinski definition) is 1. The lowest BCUT2D eigenvalue weighted by Crippen LogP contribution is -2.25. The van der Waals surface area contributed by atoms with Crippen molar-refractivity contribution in [2.45, 2.75) is 6.92 Å². The Bertz CT molecular complexity index is 410. The molecule has 6 heteroatoms. The van der Waals surface area contributed by atoms with Crippen molar-refractivity contribution in [3.05, 3.63) is 17.8 Å². The van der Waals surface area contributed by atoms with E-state index in [0.29, 0.717) is 31.3 Å². The minimum absolute atomic E-state index is 0.241. The van der Waals surface area contributed by atoms with Crippen LogP contribution in [0.15, 0.2) is 12.1 Å². The SMILES string of the molecule is CCOCCN(C)c1nc(C(=O)OC)ccc1N. The van der Waals surface area contributed by atoms with E-state index in [9.17, 15) is 4.79 Å². The summed E-state index contributed by atoms with van der Waals surface area (Å²) >= 11 is 0. The second-order valence-corrected chi connectivity index (χ2v) is 3.72. The molecule has 0 atom stereocenters. The van der Waals surface area contributed by atoms with Crippen LogP contribution < -0.4 is 10.6 Å². The number of ether oxygens (including phenoxy) is 2. The van der Waals surface area contributed by atoms with Gasteiger partial charge in [0.25, 0.3) is 0 Å². The Morgan fingerprint density at radius 2 is 2.22 bits per heavy atom. The summed E-state index contributed by atoms with van der Waals surface area (Å²) in [7, 11) is 3.16. The molecule has 0 aliphatic carbocycles. The Labute approximate surface area is 107 Å². The maximum Gasteiger partial charge on any atom is 0.356 e. The van der Waals surface area contributed by atoms with Gasteiger partial charge in [0.2, 0.25) is 0 Å². The Hall–Kier alpha value is -1.82. The third-order valence-electron chi connectivity index (χ3n) is 2.44. The van der Waals surface area contributed by atoms with Gasteiger partial charge in [-0.2, -0.15) is 0 Å². The molecule has 0 spiro atoms. The molecule has 0 aliphatic rings. The minimum atomic E-state index is -0.477. The molecule has 0 saturated heterocycles. The first-order chi connectivity index (χ1) is 8.60. The zero-order chi connectivity index (χ0) is 13.5. The number of nitrogens with zero attached hydrogens (tertiary/aromatic N) is 2. The van der Waals surface area contributed by atoms with Crippen LogP contribution in [0, 0.1) is 0 Å². The van der Waals surface area contributed by atoms with Gasteiger partial charge < -0.3 is 20.1 Å². The fourth-order valence-electron chi connectivity index (χ4n) is 1.43. The van der Waals surface area contributed by atoms with Crippen molar-refractivity contribution in [3.63, 3.8) is 0 Å². The van der Waals surface area contributed by atoms with Crippen LogP contribution in [0.5, 0.6) is 0 Å². The van der Waals surface area contributed by atoms with Crippen LogP contribution in [0.3, 0.4) is 0 Å². The van der Waals surface area contributed by atoms with E-state index in [2.05, 4.69) is 9.72 Å². The number of rotatable bonds is 6. The largest absolute Gasteiger partial charge is 0.464 e. The Balaban J connectivity index is 2.82. The van der Waals surface area contributed by atoms with Gasteiger partial charge in [0, 0.05) is 20.2 Å². The Morgan fingerprint density at radius 3 is 2.83 bits per heavy atom. The Morgan fingerprint density at radius 1 is 1.50 bits per heavy atom. The van der Waals surface area contributed by atoms with E-state index >= 15 is 0 Å². The molecule has 1 rings (SSSR count). The predicted molar refractivity (Wildman–Crippen MR) is 69.8 cm³/mol. The number of carbonyl (C=O) groups excluding carboxylic acids is 1. The molecule has 0 amide bonds. The minimum Gasteiger partial charge on any atom is -0.464 e. The van der Waals surface area contributed by atoms with E-state index < -0.39 is 5.97 Å². The number of nitrogens with two attached hydrogens (primary N) is 1. The van der Waals surface area contributed by atoms with E-state index in [0.717, 1.165) is 0 Å². The zero-order valence-electron chi connectivity index (χ0n) is 11.0. The van der Waals surface area contributed by atoms with Crippen LogP contribution in [0.25, 0.3) is 0 Å². The van der Waals surface area contributed by atoms with Crippen LogP contribution in [-0.4, -0.2) is 44.9 Å². The van der Waals surface area contributed by atoms with Crippen molar-refractivity contribution in [1.29, 1.82) is 0 Å². The molecular formula is C12H19N3O3. The van der Waals surface area contributed by atoms with Crippen LogP contribution in [-0.2, 0) is 9.47 Å². The first-order valence-corrected chi connectivity index (χ1v) is 5.73. The van der Waals surface area contributed by atoms with Crippen molar-refractivity contribution in [2.75, 3.05) is 44.5 Å². The van der Waals surface area contributed by atoms with E-state index in [1.807, 2.05) is 18.9 Å². The number of carbonyl (C=O) groups is 1. The second kappa shape index (κ2) is 6.80. The summed E-state index contributed by atoms with van der Waals surface area (Å²) in [6, 6.07) is 3.19. The lowest BCUT2D eigenvalue weighted by atomic mass is 10.3. The van der Waals surface area contributed by atoms with Crippen LogP contribution in [0.4, 0.5) is 11.5 Å². The average Bonchev–Trinajstić information content (AvgIpc) is 2.38. The van der Waals surface area contributed by atoms with Crippen LogP contribution >= 0.6 is 0 Å². The normalized spacial score (nSPS) is 10.2. The van der Waals surface area contributed by atoms with E-state index in [1.165, 1.54) is 7.11 Å². The fraction of sp³-hybridized carbons (Fsp3) is 0.500. The first kappa shape index (κ1) is 14.2. The summed E-state index contributed by atoms with van der Waals surface area (Å²) in [6.07, 6.45) is 0. The highest BCUT2D eigenvalue weighted by atomic mass is 16.5. The van der Waals surface area contributed by atoms with Gasteiger partial charge >= 0.3 is 5.97 Å². The van der Waals surface area contributed by atoms with Crippen molar-refractivity contribution >= 4 is 17.5 Å². The van der Waals surface area contributed by atoms with Crippen LogP contribution in [0.1, 0.15) is 17.4 Å². The average molecular weight is 253 g/mol. The predicted octanol–water partition coefficient (Wildman–Crippen LogP) is 0.923. The molecule has 18 heavy (non-hydrogen) atoms. The van der Waals surface area contributed by atoms with Crippen molar-refractivity contribution in [2.24, 2.45) is 0 Å². The summed E-state index contributed by atoms with van der Waals surface area (Å²) in [5.74, 6) is 0.0760. The topological polar surface area (TPSA) is 77.7 Å². The smallest absolute Gasteiger partial charge is 0.356 e. The van der Waals surface area contributed by atoms with Gasteiger partial charge in [-0.05, 0) is 19.1 Å². The van der Waals surface area contributed by atoms with E-state index in [1.54, 1.807) is 12.1 Å². The molecule has 1 heterocycles. The number of methoxy groups -OCH3 is 1. The number of likely N-dealkylation sites (N-methyl/N-ethyl adjacent to an activating group) is 1. The fourth-order valence-corrected chi connectivity index (χ4v) is 1.43. The second-order valence-electron chi connectivity index (χ2n) is 3.72. The molecule has 0 bridgehead atoms. The van der Waals surface area contributed by atoms with Gasteiger partial charge in [-0.25, -0.2) is 9.78 Å². The first-order valence-electron chi connectivity index (χ1n) is 5.73. The molecule has 0 aromatic carbocycles. The molecule has 1 aromatic rings. The molecule has 0 fully saturated rings. The van der Waals surface area contributed by atoms with E-state index in [-0.39, 0.29) is 5.69 Å². The number of anilines is 2. The number of pyridine rings is 1. The van der Waals surface area contributed by atoms with Gasteiger partial charge in [-0.15, -0.1) is 0 Å². The quantitative estimate of drug-likeness (QED) is 0.600. The summed E-state index contributed by atoms with van der Waals surface area (Å²) in [5, 5.41) is 0. The zero-order valence-corrected chi connectivity index (χ0v) is 11.0. The lowest BCUT2D eigenvalue weighted by molar-refractivity contribution is 0.0594. The highest BCUT2D eigenvalue weighted by Crippen LogP contribution is 2.19. The van der Waals surface area contributed by atoms with Crippen molar-refractivity contribution in [1.82, 2.24) is 4.98 Å². The molecule has 0 radical (unpaired) electrons. The highest BCUT2D eigenvalue weighted by Gasteiger charge is 2.13. The monoisotopic (exact) mass is 253 g/mol. The third kappa shape index (κ3) is 3.59. The summed E-state index contributed by atoms with van der Waals surface area (Å²) < 4.78 is 9.89. The highest BCUT2D eigenvalue weighted by molar-refractivity contribution is 5.88. The number of hydrogen-bond acceptors (Lipinski definition) is 6. The number of esters is 1. The standard InChI is InChI=1S/C12H19N3O3/c1-4-18-8-7-15(2)11-9(13)5-6-10(14-11)12(16)17-3/h5-6H,4,7-8,13H2,1-3H3. The summed E-state index contributed by atoms with van der Waals surface area (Å²) in [4.78, 5) is 17.4. The van der Waals surface area contributed by atoms with Crippen molar-refractivity contribution < 1.29 is 14.3 Å². The maximum absolute atomic E-state index is 11.4. The van der Waals surface area contributed by atoms with Gasteiger partial charge in [0.15, 0.2) is 11.5 Å². The molecule has 2 N–H and O–H groups in total. The molecule has 0 unspecified atom stereocenters. The summed E-state index contributed by atoms with van der Waals surface area (Å²) in [6.45, 7) is 3.83. The Kier molecular flexibility index (Phi) is 5.38. The van der Waals surface area contributed by atoms with Gasteiger partial charge in [0.1, 0.15) is 0 Å². The van der Waals surface area contributed by atoms with Gasteiger partial charge in [-0.1, -0.05) is 0 Å². The van der Waals surface area contributed by atoms with Crippen molar-refractivity contribution in [3.8, 4) is 0 Å². The molecule has 6 nitrogen and oxygen atoms in total. The number of nitrogen functional groups attached to an aromatic ring is 1. The van der Waals surface area contributed by atoms with E-state index in [4.69, 9.17) is 10.5 Å². The maximum atomic E-state index is 11.4. The summed E-state index contributed by atoms with van der Waals surface area (Å²) in [5.41, 5.74) is 6.60. The number of aromatic nitrogens is 1. The molecule has 0 saturated carbocycles. The molecule has 100 valence electrons. The third-order valence-corrected chi connectivity index (χ3v) is 2.44. The van der Waals surface area contributed by atoms with Gasteiger partial charge in [0.05, 0.1) is 19.4 Å². The lowest BCUT2D eigenvalue weighted by Gasteiger charge is -2.20. The molecule has 0 aliphatic heterocycles. The van der Waals surface area contributed by atoms with Crippen LogP contribution in [0.2, 0.25) is 0 Å². The molecular weight excluding hydrogens is 234 g/mol.